The van der Waals surface area contributed by atoms with Crippen molar-refractivity contribution in [2.45, 2.75) is 0 Å². The van der Waals surface area contributed by atoms with Gasteiger partial charge in [-0.05, 0) is 75.9 Å². The summed E-state index contributed by atoms with van der Waals surface area (Å²) in [7, 11) is -0.560. The Morgan fingerprint density at radius 2 is 1.33 bits per heavy atom. The number of esters is 1. The molecule has 2 N–H and O–H groups in total. The highest BCUT2D eigenvalue weighted by molar-refractivity contribution is 6.60. The third kappa shape index (κ3) is 4.71. The SMILES string of the molecule is COC(=O)c1cc(N(c2ccc(-c3cccc4ccccc34)cc2)c2ccc3oc4ccccc4c3c2)ccc1B(O)O. The molecule has 43 heavy (non-hydrogen) atoms. The number of rotatable bonds is 6. The Morgan fingerprint density at radius 3 is 2.12 bits per heavy atom. The van der Waals surface area contributed by atoms with Crippen LogP contribution in [0.15, 0.2) is 132 Å². The first kappa shape index (κ1) is 26.5. The maximum absolute atomic E-state index is 12.7. The number of carbonyl (C=O) groups is 1. The summed E-state index contributed by atoms with van der Waals surface area (Å²) < 4.78 is 11.0. The topological polar surface area (TPSA) is 83.1 Å². The van der Waals surface area contributed by atoms with Gasteiger partial charge < -0.3 is 24.1 Å². The number of ether oxygens (including phenoxy) is 1. The molecule has 0 amide bonds. The molecule has 7 rings (SSSR count). The molecule has 1 aromatic heterocycles. The summed E-state index contributed by atoms with van der Waals surface area (Å²) in [6.07, 6.45) is 0. The Labute approximate surface area is 248 Å². The van der Waals surface area contributed by atoms with Crippen molar-refractivity contribution in [3.63, 3.8) is 0 Å². The predicted molar refractivity (Wildman–Crippen MR) is 173 cm³/mol. The maximum atomic E-state index is 12.7. The van der Waals surface area contributed by atoms with E-state index in [1.807, 2.05) is 65.6 Å². The number of nitrogens with zero attached hydrogens (tertiary/aromatic N) is 1. The average Bonchev–Trinajstić information content (AvgIpc) is 3.42. The smallest absolute Gasteiger partial charge is 0.465 e. The zero-order valence-corrected chi connectivity index (χ0v) is 23.3. The number of anilines is 3. The van der Waals surface area contributed by atoms with Gasteiger partial charge in [0, 0.05) is 27.8 Å². The van der Waals surface area contributed by atoms with Crippen LogP contribution in [0.25, 0.3) is 43.8 Å². The van der Waals surface area contributed by atoms with Crippen molar-refractivity contribution in [1.29, 1.82) is 0 Å². The first-order chi connectivity index (χ1) is 21.0. The van der Waals surface area contributed by atoms with E-state index in [1.165, 1.54) is 23.9 Å². The number of furan rings is 1. The van der Waals surface area contributed by atoms with Crippen LogP contribution in [-0.4, -0.2) is 30.2 Å². The number of benzene rings is 6. The molecule has 0 radical (unpaired) electrons. The molecular weight excluding hydrogens is 537 g/mol. The van der Waals surface area contributed by atoms with Gasteiger partial charge in [-0.25, -0.2) is 4.79 Å². The number of fused-ring (bicyclic) bond motifs is 4. The van der Waals surface area contributed by atoms with E-state index >= 15 is 0 Å². The third-order valence-corrected chi connectivity index (χ3v) is 7.82. The van der Waals surface area contributed by atoms with Crippen molar-refractivity contribution in [3.05, 3.63) is 133 Å². The van der Waals surface area contributed by atoms with Gasteiger partial charge >= 0.3 is 13.1 Å². The summed E-state index contributed by atoms with van der Waals surface area (Å²) in [6, 6.07) is 41.7. The van der Waals surface area contributed by atoms with E-state index in [0.29, 0.717) is 5.69 Å². The van der Waals surface area contributed by atoms with Crippen LogP contribution >= 0.6 is 0 Å². The van der Waals surface area contributed by atoms with Crippen molar-refractivity contribution in [2.24, 2.45) is 0 Å². The van der Waals surface area contributed by atoms with E-state index < -0.39 is 13.1 Å². The second kappa shape index (κ2) is 10.8. The predicted octanol–water partition coefficient (Wildman–Crippen LogP) is 7.34. The molecule has 0 bridgehead atoms. The van der Waals surface area contributed by atoms with Gasteiger partial charge in [-0.3, -0.25) is 0 Å². The molecule has 7 aromatic rings. The lowest BCUT2D eigenvalue weighted by Gasteiger charge is -2.26. The van der Waals surface area contributed by atoms with Crippen molar-refractivity contribution >= 4 is 68.3 Å². The van der Waals surface area contributed by atoms with Gasteiger partial charge in [-0.15, -0.1) is 0 Å². The summed E-state index contributed by atoms with van der Waals surface area (Å²) in [4.78, 5) is 14.7. The maximum Gasteiger partial charge on any atom is 0.489 e. The van der Waals surface area contributed by atoms with Crippen LogP contribution in [0.2, 0.25) is 0 Å². The Balaban J connectivity index is 1.40. The van der Waals surface area contributed by atoms with Crippen molar-refractivity contribution in [2.75, 3.05) is 12.0 Å². The number of para-hydroxylation sites is 1. The zero-order chi connectivity index (χ0) is 29.5. The summed E-state index contributed by atoms with van der Waals surface area (Å²) in [5.74, 6) is -0.660. The van der Waals surface area contributed by atoms with E-state index in [4.69, 9.17) is 9.15 Å². The average molecular weight is 563 g/mol. The number of hydrogen-bond acceptors (Lipinski definition) is 6. The van der Waals surface area contributed by atoms with Crippen LogP contribution in [0.3, 0.4) is 0 Å². The Bertz CT molecular complexity index is 2130. The van der Waals surface area contributed by atoms with Crippen molar-refractivity contribution < 1.29 is 24.0 Å². The lowest BCUT2D eigenvalue weighted by molar-refractivity contribution is 0.0601. The van der Waals surface area contributed by atoms with E-state index in [2.05, 4.69) is 48.5 Å². The fourth-order valence-electron chi connectivity index (χ4n) is 5.76. The van der Waals surface area contributed by atoms with Gasteiger partial charge in [-0.2, -0.15) is 0 Å². The molecule has 208 valence electrons. The highest BCUT2D eigenvalue weighted by atomic mass is 16.5. The van der Waals surface area contributed by atoms with E-state index in [1.54, 1.807) is 12.1 Å². The van der Waals surface area contributed by atoms with Crippen LogP contribution in [0, 0.1) is 0 Å². The molecule has 0 saturated heterocycles. The zero-order valence-electron chi connectivity index (χ0n) is 23.3. The van der Waals surface area contributed by atoms with Gasteiger partial charge in [0.25, 0.3) is 0 Å². The normalized spacial score (nSPS) is 11.2. The Morgan fingerprint density at radius 1 is 0.674 bits per heavy atom. The second-order valence-electron chi connectivity index (χ2n) is 10.3. The molecule has 0 atom stereocenters. The van der Waals surface area contributed by atoms with E-state index in [-0.39, 0.29) is 11.0 Å². The van der Waals surface area contributed by atoms with Crippen molar-refractivity contribution in [3.8, 4) is 11.1 Å². The molecule has 0 aliphatic carbocycles. The molecular formula is C36H26BNO5. The fraction of sp³-hybridized carbons (Fsp3) is 0.0278. The minimum absolute atomic E-state index is 0.0677. The van der Waals surface area contributed by atoms with Crippen LogP contribution in [-0.2, 0) is 4.74 Å². The molecule has 0 saturated carbocycles. The molecule has 0 aliphatic heterocycles. The quantitative estimate of drug-likeness (QED) is 0.163. The minimum atomic E-state index is -1.83. The molecule has 0 aliphatic rings. The van der Waals surface area contributed by atoms with Gasteiger partial charge in [-0.1, -0.05) is 78.9 Å². The Kier molecular flexibility index (Phi) is 6.66. The lowest BCUT2D eigenvalue weighted by Crippen LogP contribution is -2.35. The monoisotopic (exact) mass is 563 g/mol. The van der Waals surface area contributed by atoms with Crippen LogP contribution in [0.5, 0.6) is 0 Å². The molecule has 6 nitrogen and oxygen atoms in total. The second-order valence-corrected chi connectivity index (χ2v) is 10.3. The first-order valence-corrected chi connectivity index (χ1v) is 13.9. The largest absolute Gasteiger partial charge is 0.489 e. The van der Waals surface area contributed by atoms with Crippen LogP contribution < -0.4 is 10.4 Å². The van der Waals surface area contributed by atoms with Crippen LogP contribution in [0.4, 0.5) is 17.1 Å². The highest BCUT2D eigenvalue weighted by Crippen LogP contribution is 2.40. The van der Waals surface area contributed by atoms with E-state index in [0.717, 1.165) is 44.4 Å². The first-order valence-electron chi connectivity index (χ1n) is 13.9. The van der Waals surface area contributed by atoms with Gasteiger partial charge in [0.1, 0.15) is 11.2 Å². The lowest BCUT2D eigenvalue weighted by atomic mass is 9.76. The molecule has 7 heteroatoms. The molecule has 1 heterocycles. The van der Waals surface area contributed by atoms with Crippen LogP contribution in [0.1, 0.15) is 10.4 Å². The summed E-state index contributed by atoms with van der Waals surface area (Å²) in [6.45, 7) is 0. The standard InChI is InChI=1S/C36H26BNO5/c1-42-36(39)32-22-26(17-19-33(32)37(40)41)38(27-18-20-35-31(21-27)30-10-4-5-12-34(30)43-35)25-15-13-24(14-16-25)29-11-6-8-23-7-2-3-9-28(23)29/h2-22,40-41H,1H3. The molecule has 0 fully saturated rings. The van der Waals surface area contributed by atoms with Gasteiger partial charge in [0.2, 0.25) is 0 Å². The highest BCUT2D eigenvalue weighted by Gasteiger charge is 2.24. The molecule has 6 aromatic carbocycles. The third-order valence-electron chi connectivity index (χ3n) is 7.82. The number of carbonyl (C=O) groups excluding carboxylic acids is 1. The fourth-order valence-corrected chi connectivity index (χ4v) is 5.76. The van der Waals surface area contributed by atoms with E-state index in [9.17, 15) is 14.8 Å². The van der Waals surface area contributed by atoms with Gasteiger partial charge in [0.05, 0.1) is 12.7 Å². The minimum Gasteiger partial charge on any atom is -0.465 e. The molecule has 0 spiro atoms. The summed E-state index contributed by atoms with van der Waals surface area (Å²) in [5.41, 5.74) is 6.26. The van der Waals surface area contributed by atoms with Gasteiger partial charge in [0.15, 0.2) is 0 Å². The Hall–Kier alpha value is -5.37. The summed E-state index contributed by atoms with van der Waals surface area (Å²) in [5, 5.41) is 24.2. The molecule has 0 unspecified atom stereocenters. The number of methoxy groups -OCH3 is 1. The van der Waals surface area contributed by atoms with Crippen molar-refractivity contribution in [1.82, 2.24) is 0 Å². The summed E-state index contributed by atoms with van der Waals surface area (Å²) >= 11 is 0. The number of hydrogen-bond donors (Lipinski definition) is 2.